The van der Waals surface area contributed by atoms with Crippen molar-refractivity contribution in [2.45, 2.75) is 26.0 Å². The molecule has 0 aliphatic carbocycles. The van der Waals surface area contributed by atoms with Crippen LogP contribution in [-0.2, 0) is 4.79 Å². The lowest BCUT2D eigenvalue weighted by molar-refractivity contribution is -0.126. The number of carbonyl (C=O) groups is 2. The van der Waals surface area contributed by atoms with E-state index in [2.05, 4.69) is 0 Å². The minimum Gasteiger partial charge on any atom is -0.479 e. The molecule has 124 valence electrons. The SMILES string of the molecule is CC1Oc2ccc(C(=O)CCl)cc2N(C(C)c2ccccc2)C1=O. The zero-order valence-electron chi connectivity index (χ0n) is 13.5. The molecule has 0 saturated heterocycles. The summed E-state index contributed by atoms with van der Waals surface area (Å²) in [5, 5.41) is 0. The molecule has 0 N–H and O–H groups in total. The van der Waals surface area contributed by atoms with Crippen LogP contribution in [0.1, 0.15) is 35.8 Å². The zero-order valence-corrected chi connectivity index (χ0v) is 14.3. The molecule has 2 aromatic rings. The lowest BCUT2D eigenvalue weighted by Crippen LogP contribution is -2.45. The highest BCUT2D eigenvalue weighted by atomic mass is 35.5. The van der Waals surface area contributed by atoms with Crippen LogP contribution in [0.5, 0.6) is 5.75 Å². The number of hydrogen-bond donors (Lipinski definition) is 0. The van der Waals surface area contributed by atoms with Crippen molar-refractivity contribution in [1.29, 1.82) is 0 Å². The van der Waals surface area contributed by atoms with Crippen molar-refractivity contribution in [3.63, 3.8) is 0 Å². The minimum absolute atomic E-state index is 0.0990. The van der Waals surface area contributed by atoms with E-state index in [1.54, 1.807) is 30.0 Å². The Morgan fingerprint density at radius 3 is 2.62 bits per heavy atom. The lowest BCUT2D eigenvalue weighted by Gasteiger charge is -2.37. The zero-order chi connectivity index (χ0) is 17.3. The second-order valence-corrected chi connectivity index (χ2v) is 6.06. The number of rotatable bonds is 4. The highest BCUT2D eigenvalue weighted by molar-refractivity contribution is 6.30. The van der Waals surface area contributed by atoms with Crippen LogP contribution < -0.4 is 9.64 Å². The van der Waals surface area contributed by atoms with Gasteiger partial charge in [-0.25, -0.2) is 0 Å². The molecule has 0 bridgehead atoms. The van der Waals surface area contributed by atoms with Crippen LogP contribution in [0.15, 0.2) is 48.5 Å². The van der Waals surface area contributed by atoms with Gasteiger partial charge in [-0.15, -0.1) is 11.6 Å². The van der Waals surface area contributed by atoms with E-state index in [1.165, 1.54) is 0 Å². The van der Waals surface area contributed by atoms with E-state index in [-0.39, 0.29) is 23.6 Å². The molecular formula is C19H18ClNO3. The fraction of sp³-hybridized carbons (Fsp3) is 0.263. The lowest BCUT2D eigenvalue weighted by atomic mass is 10.0. The Morgan fingerprint density at radius 2 is 1.96 bits per heavy atom. The Labute approximate surface area is 146 Å². The number of fused-ring (bicyclic) bond motifs is 1. The van der Waals surface area contributed by atoms with Crippen LogP contribution >= 0.6 is 11.6 Å². The summed E-state index contributed by atoms with van der Waals surface area (Å²) in [7, 11) is 0. The summed E-state index contributed by atoms with van der Waals surface area (Å²) in [6, 6.07) is 14.7. The summed E-state index contributed by atoms with van der Waals surface area (Å²) in [4.78, 5) is 26.4. The number of Topliss-reactive ketones (excluding diaryl/α,β-unsaturated/α-hetero) is 1. The number of ether oxygens (including phenoxy) is 1. The van der Waals surface area contributed by atoms with Gasteiger partial charge in [0, 0.05) is 5.56 Å². The van der Waals surface area contributed by atoms with Crippen molar-refractivity contribution in [2.75, 3.05) is 10.8 Å². The second kappa shape index (κ2) is 6.65. The van der Waals surface area contributed by atoms with Crippen molar-refractivity contribution in [1.82, 2.24) is 0 Å². The number of nitrogens with zero attached hydrogens (tertiary/aromatic N) is 1. The maximum Gasteiger partial charge on any atom is 0.268 e. The van der Waals surface area contributed by atoms with Crippen molar-refractivity contribution in [3.05, 3.63) is 59.7 Å². The monoisotopic (exact) mass is 343 g/mol. The first-order valence-corrected chi connectivity index (χ1v) is 8.34. The van der Waals surface area contributed by atoms with Crippen molar-refractivity contribution in [3.8, 4) is 5.75 Å². The van der Waals surface area contributed by atoms with Gasteiger partial charge in [0.25, 0.3) is 5.91 Å². The third-order valence-electron chi connectivity index (χ3n) is 4.22. The highest BCUT2D eigenvalue weighted by Crippen LogP contribution is 2.39. The minimum atomic E-state index is -0.571. The molecule has 1 heterocycles. The molecule has 0 saturated carbocycles. The van der Waals surface area contributed by atoms with E-state index in [1.807, 2.05) is 37.3 Å². The number of amides is 1. The molecule has 4 nitrogen and oxygen atoms in total. The second-order valence-electron chi connectivity index (χ2n) is 5.79. The molecule has 1 amide bonds. The Morgan fingerprint density at radius 1 is 1.25 bits per heavy atom. The predicted molar refractivity (Wildman–Crippen MR) is 93.9 cm³/mol. The summed E-state index contributed by atoms with van der Waals surface area (Å²) < 4.78 is 5.69. The van der Waals surface area contributed by atoms with Gasteiger partial charge >= 0.3 is 0 Å². The summed E-state index contributed by atoms with van der Waals surface area (Å²) in [6.07, 6.45) is -0.571. The Balaban J connectivity index is 2.08. The van der Waals surface area contributed by atoms with Gasteiger partial charge in [-0.3, -0.25) is 14.5 Å². The molecule has 0 spiro atoms. The number of alkyl halides is 1. The molecular weight excluding hydrogens is 326 g/mol. The number of halogens is 1. The van der Waals surface area contributed by atoms with Gasteiger partial charge in [0.05, 0.1) is 17.6 Å². The van der Waals surface area contributed by atoms with Crippen LogP contribution in [0.2, 0.25) is 0 Å². The summed E-state index contributed by atoms with van der Waals surface area (Å²) in [6.45, 7) is 3.69. The average Bonchev–Trinajstić information content (AvgIpc) is 2.62. The fourth-order valence-electron chi connectivity index (χ4n) is 2.89. The number of hydrogen-bond acceptors (Lipinski definition) is 3. The van der Waals surface area contributed by atoms with E-state index in [0.717, 1.165) is 5.56 Å². The molecule has 0 radical (unpaired) electrons. The molecule has 2 unspecified atom stereocenters. The fourth-order valence-corrected chi connectivity index (χ4v) is 3.05. The summed E-state index contributed by atoms with van der Waals surface area (Å²) >= 11 is 5.66. The smallest absolute Gasteiger partial charge is 0.268 e. The third kappa shape index (κ3) is 2.89. The maximum atomic E-state index is 12.7. The summed E-state index contributed by atoms with van der Waals surface area (Å²) in [5.74, 6) is 0.182. The Hall–Kier alpha value is -2.33. The Kier molecular flexibility index (Phi) is 4.58. The molecule has 24 heavy (non-hydrogen) atoms. The number of benzene rings is 2. The molecule has 5 heteroatoms. The van der Waals surface area contributed by atoms with Crippen LogP contribution in [-0.4, -0.2) is 23.7 Å². The van der Waals surface area contributed by atoms with Gasteiger partial charge in [0.15, 0.2) is 11.9 Å². The van der Waals surface area contributed by atoms with Crippen molar-refractivity contribution in [2.24, 2.45) is 0 Å². The number of ketones is 1. The molecule has 0 fully saturated rings. The average molecular weight is 344 g/mol. The first kappa shape index (κ1) is 16.5. The van der Waals surface area contributed by atoms with Crippen LogP contribution in [0.4, 0.5) is 5.69 Å². The number of carbonyl (C=O) groups excluding carboxylic acids is 2. The van der Waals surface area contributed by atoms with E-state index >= 15 is 0 Å². The van der Waals surface area contributed by atoms with Gasteiger partial charge in [-0.2, -0.15) is 0 Å². The standard InChI is InChI=1S/C19H18ClNO3/c1-12(14-6-4-3-5-7-14)21-16-10-15(17(22)11-20)8-9-18(16)24-13(2)19(21)23/h3-10,12-13H,11H2,1-2H3. The van der Waals surface area contributed by atoms with Crippen LogP contribution in [0, 0.1) is 0 Å². The van der Waals surface area contributed by atoms with Crippen LogP contribution in [0.25, 0.3) is 0 Å². The predicted octanol–water partition coefficient (Wildman–Crippen LogP) is 3.98. The van der Waals surface area contributed by atoms with Gasteiger partial charge in [0.1, 0.15) is 5.75 Å². The molecule has 1 aliphatic heterocycles. The first-order chi connectivity index (χ1) is 11.5. The quantitative estimate of drug-likeness (QED) is 0.623. The highest BCUT2D eigenvalue weighted by Gasteiger charge is 2.35. The van der Waals surface area contributed by atoms with E-state index < -0.39 is 6.10 Å². The molecule has 2 atom stereocenters. The Bertz CT molecular complexity index is 775. The van der Waals surface area contributed by atoms with Gasteiger partial charge in [-0.1, -0.05) is 30.3 Å². The molecule has 1 aliphatic rings. The van der Waals surface area contributed by atoms with E-state index in [9.17, 15) is 9.59 Å². The van der Waals surface area contributed by atoms with Crippen molar-refractivity contribution < 1.29 is 14.3 Å². The topological polar surface area (TPSA) is 46.6 Å². The van der Waals surface area contributed by atoms with Crippen LogP contribution in [0.3, 0.4) is 0 Å². The normalized spacial score (nSPS) is 17.9. The molecule has 3 rings (SSSR count). The maximum absolute atomic E-state index is 12.7. The third-order valence-corrected chi connectivity index (χ3v) is 4.46. The van der Waals surface area contributed by atoms with Gasteiger partial charge in [-0.05, 0) is 37.6 Å². The number of anilines is 1. The molecule has 0 aromatic heterocycles. The van der Waals surface area contributed by atoms with Gasteiger partial charge in [0.2, 0.25) is 0 Å². The largest absolute Gasteiger partial charge is 0.479 e. The first-order valence-electron chi connectivity index (χ1n) is 7.81. The van der Waals surface area contributed by atoms with E-state index in [4.69, 9.17) is 16.3 Å². The van der Waals surface area contributed by atoms with Crippen molar-refractivity contribution >= 4 is 29.0 Å². The van der Waals surface area contributed by atoms with Gasteiger partial charge < -0.3 is 4.74 Å². The van der Waals surface area contributed by atoms with E-state index in [0.29, 0.717) is 17.0 Å². The summed E-state index contributed by atoms with van der Waals surface area (Å²) in [5.41, 5.74) is 2.09. The molecule has 2 aromatic carbocycles.